The minimum absolute atomic E-state index is 0.135. The van der Waals surface area contributed by atoms with E-state index in [2.05, 4.69) is 6.92 Å². The zero-order valence-corrected chi connectivity index (χ0v) is 17.5. The van der Waals surface area contributed by atoms with E-state index in [1.807, 2.05) is 36.4 Å². The molecule has 0 bridgehead atoms. The molecular weight excluding hydrogens is 364 g/mol. The maximum Gasteiger partial charge on any atom is 0.343 e. The molecule has 0 fully saturated rings. The van der Waals surface area contributed by atoms with Gasteiger partial charge in [-0.15, -0.1) is 0 Å². The van der Waals surface area contributed by atoms with Gasteiger partial charge in [0.1, 0.15) is 5.75 Å². The lowest BCUT2D eigenvalue weighted by molar-refractivity contribution is -0.142. The van der Waals surface area contributed by atoms with E-state index in [9.17, 15) is 9.59 Å². The molecule has 0 N–H and O–H groups in total. The number of ether oxygens (including phenoxy) is 2. The fourth-order valence-corrected chi connectivity index (χ4v) is 3.88. The van der Waals surface area contributed by atoms with Crippen LogP contribution >= 0.6 is 0 Å². The zero-order valence-electron chi connectivity index (χ0n) is 17.5. The number of rotatable bonds is 8. The van der Waals surface area contributed by atoms with Crippen LogP contribution in [0.5, 0.6) is 5.75 Å². The summed E-state index contributed by atoms with van der Waals surface area (Å²) in [7, 11) is 0. The summed E-state index contributed by atoms with van der Waals surface area (Å²) in [4.78, 5) is 24.9. The smallest absolute Gasteiger partial charge is 0.343 e. The number of fused-ring (bicyclic) bond motifs is 1. The predicted octanol–water partition coefficient (Wildman–Crippen LogP) is 5.23. The molecule has 2 aromatic rings. The number of benzene rings is 2. The topological polar surface area (TPSA) is 52.6 Å². The molecule has 1 aliphatic rings. The van der Waals surface area contributed by atoms with E-state index >= 15 is 0 Å². The van der Waals surface area contributed by atoms with Crippen LogP contribution in [0.4, 0.5) is 0 Å². The van der Waals surface area contributed by atoms with Crippen LogP contribution in [0.25, 0.3) is 0 Å². The Hall–Kier alpha value is -2.62. The Morgan fingerprint density at radius 1 is 0.966 bits per heavy atom. The van der Waals surface area contributed by atoms with Gasteiger partial charge in [-0.1, -0.05) is 31.5 Å². The highest BCUT2D eigenvalue weighted by Gasteiger charge is 2.22. The van der Waals surface area contributed by atoms with Crippen LogP contribution in [0.2, 0.25) is 0 Å². The normalized spacial score (nSPS) is 12.9. The summed E-state index contributed by atoms with van der Waals surface area (Å²) >= 11 is 0. The number of unbranched alkanes of at least 4 members (excludes halogenated alkanes) is 1. The molecule has 4 nitrogen and oxygen atoms in total. The minimum Gasteiger partial charge on any atom is -0.466 e. The lowest BCUT2D eigenvalue weighted by Gasteiger charge is -2.21. The van der Waals surface area contributed by atoms with Gasteiger partial charge in [0.15, 0.2) is 0 Å². The average molecular weight is 395 g/mol. The summed E-state index contributed by atoms with van der Waals surface area (Å²) in [5.41, 5.74) is 4.93. The number of hydrogen-bond donors (Lipinski definition) is 0. The molecule has 0 aliphatic heterocycles. The first kappa shape index (κ1) is 21.1. The van der Waals surface area contributed by atoms with E-state index in [-0.39, 0.29) is 12.4 Å². The highest BCUT2D eigenvalue weighted by molar-refractivity contribution is 5.91. The number of carbonyl (C=O) groups is 2. The van der Waals surface area contributed by atoms with Gasteiger partial charge in [0.2, 0.25) is 0 Å². The Kier molecular flexibility index (Phi) is 7.45. The van der Waals surface area contributed by atoms with Crippen molar-refractivity contribution in [3.8, 4) is 5.75 Å². The third-order valence-corrected chi connectivity index (χ3v) is 5.45. The van der Waals surface area contributed by atoms with E-state index in [0.717, 1.165) is 56.1 Å². The summed E-state index contributed by atoms with van der Waals surface area (Å²) in [6.07, 6.45) is 7.56. The first-order chi connectivity index (χ1) is 14.1. The van der Waals surface area contributed by atoms with Crippen molar-refractivity contribution in [3.05, 3.63) is 64.2 Å². The third kappa shape index (κ3) is 5.47. The second kappa shape index (κ2) is 10.2. The van der Waals surface area contributed by atoms with Crippen molar-refractivity contribution in [1.82, 2.24) is 0 Å². The molecule has 1 aliphatic carbocycles. The molecule has 2 aromatic carbocycles. The summed E-state index contributed by atoms with van der Waals surface area (Å²) in [5.74, 6) is -0.212. The van der Waals surface area contributed by atoms with Crippen molar-refractivity contribution < 1.29 is 19.1 Å². The van der Waals surface area contributed by atoms with E-state index in [1.54, 1.807) is 6.92 Å². The summed E-state index contributed by atoms with van der Waals surface area (Å²) in [5, 5.41) is 0. The second-order valence-corrected chi connectivity index (χ2v) is 7.56. The molecule has 154 valence electrons. The van der Waals surface area contributed by atoms with Crippen molar-refractivity contribution in [2.45, 2.75) is 65.2 Å². The average Bonchev–Trinajstić information content (AvgIpc) is 2.74. The van der Waals surface area contributed by atoms with Gasteiger partial charge in [0, 0.05) is 5.56 Å². The molecule has 29 heavy (non-hydrogen) atoms. The van der Waals surface area contributed by atoms with E-state index in [4.69, 9.17) is 9.47 Å². The van der Waals surface area contributed by atoms with Crippen molar-refractivity contribution in [2.24, 2.45) is 0 Å². The Labute approximate surface area is 173 Å². The molecule has 0 saturated heterocycles. The lowest BCUT2D eigenvalue weighted by Crippen LogP contribution is -2.16. The molecule has 3 rings (SSSR count). The van der Waals surface area contributed by atoms with Gasteiger partial charge >= 0.3 is 11.9 Å². The molecule has 0 saturated carbocycles. The lowest BCUT2D eigenvalue weighted by atomic mass is 9.86. The summed E-state index contributed by atoms with van der Waals surface area (Å²) < 4.78 is 10.9. The Morgan fingerprint density at radius 3 is 2.45 bits per heavy atom. The van der Waals surface area contributed by atoms with Crippen LogP contribution in [0, 0.1) is 0 Å². The first-order valence-electron chi connectivity index (χ1n) is 10.7. The van der Waals surface area contributed by atoms with Gasteiger partial charge in [-0.25, -0.2) is 4.79 Å². The largest absolute Gasteiger partial charge is 0.466 e. The van der Waals surface area contributed by atoms with Gasteiger partial charge in [-0.2, -0.15) is 0 Å². The molecular formula is C25H30O4. The fourth-order valence-electron chi connectivity index (χ4n) is 3.88. The van der Waals surface area contributed by atoms with E-state index in [1.165, 1.54) is 11.1 Å². The molecule has 0 heterocycles. The van der Waals surface area contributed by atoms with Crippen LogP contribution in [0.15, 0.2) is 36.4 Å². The second-order valence-electron chi connectivity index (χ2n) is 7.56. The standard InChI is InChI=1S/C25H30O4/c1-3-5-8-18-11-13-20(14-12-18)25(27)29-23-16-15-19-9-6-7-10-21(19)22(23)17-24(26)28-4-2/h11-16H,3-10,17H2,1-2H3. The van der Waals surface area contributed by atoms with Crippen molar-refractivity contribution >= 4 is 11.9 Å². The van der Waals surface area contributed by atoms with Crippen LogP contribution in [0.3, 0.4) is 0 Å². The summed E-state index contributed by atoms with van der Waals surface area (Å²) in [6, 6.07) is 11.5. The van der Waals surface area contributed by atoms with Gasteiger partial charge in [0.05, 0.1) is 18.6 Å². The molecule has 0 unspecified atom stereocenters. The van der Waals surface area contributed by atoms with E-state index < -0.39 is 5.97 Å². The number of esters is 2. The van der Waals surface area contributed by atoms with Gasteiger partial charge < -0.3 is 9.47 Å². The van der Waals surface area contributed by atoms with Crippen LogP contribution < -0.4 is 4.74 Å². The molecule has 4 heteroatoms. The fraction of sp³-hybridized carbons (Fsp3) is 0.440. The Morgan fingerprint density at radius 2 is 1.72 bits per heavy atom. The number of aryl methyl sites for hydroxylation is 2. The quantitative estimate of drug-likeness (QED) is 0.454. The Balaban J connectivity index is 1.81. The number of hydrogen-bond acceptors (Lipinski definition) is 4. The third-order valence-electron chi connectivity index (χ3n) is 5.45. The molecule has 0 aromatic heterocycles. The van der Waals surface area contributed by atoms with Crippen molar-refractivity contribution in [2.75, 3.05) is 6.61 Å². The first-order valence-corrected chi connectivity index (χ1v) is 10.7. The highest BCUT2D eigenvalue weighted by atomic mass is 16.5. The predicted molar refractivity (Wildman–Crippen MR) is 113 cm³/mol. The van der Waals surface area contributed by atoms with Gasteiger partial charge in [-0.05, 0) is 80.3 Å². The van der Waals surface area contributed by atoms with Crippen LogP contribution in [-0.2, 0) is 35.2 Å². The van der Waals surface area contributed by atoms with Gasteiger partial charge in [-0.3, -0.25) is 4.79 Å². The monoisotopic (exact) mass is 394 g/mol. The van der Waals surface area contributed by atoms with Crippen molar-refractivity contribution in [3.63, 3.8) is 0 Å². The zero-order chi connectivity index (χ0) is 20.6. The number of carbonyl (C=O) groups excluding carboxylic acids is 2. The summed E-state index contributed by atoms with van der Waals surface area (Å²) in [6.45, 7) is 4.30. The maximum absolute atomic E-state index is 12.7. The van der Waals surface area contributed by atoms with Crippen molar-refractivity contribution in [1.29, 1.82) is 0 Å². The van der Waals surface area contributed by atoms with Crippen LogP contribution in [0.1, 0.15) is 72.1 Å². The van der Waals surface area contributed by atoms with E-state index in [0.29, 0.717) is 17.9 Å². The maximum atomic E-state index is 12.7. The minimum atomic E-state index is -0.395. The Bertz CT molecular complexity index is 852. The molecule has 0 amide bonds. The van der Waals surface area contributed by atoms with Gasteiger partial charge in [0.25, 0.3) is 0 Å². The SMILES string of the molecule is CCCCc1ccc(C(=O)Oc2ccc3c(c2CC(=O)OCC)CCCC3)cc1. The van der Waals surface area contributed by atoms with Crippen LogP contribution in [-0.4, -0.2) is 18.5 Å². The molecule has 0 radical (unpaired) electrons. The molecule has 0 atom stereocenters. The molecule has 0 spiro atoms. The highest BCUT2D eigenvalue weighted by Crippen LogP contribution is 2.32.